The van der Waals surface area contributed by atoms with Crippen LogP contribution in [-0.2, 0) is 0 Å². The average molecular weight is 376 g/mol. The Morgan fingerprint density at radius 1 is 1.24 bits per heavy atom. The number of H-pyrrole nitrogens is 1. The number of carbonyl (C=O) groups is 1. The number of nitrogens with one attached hydrogen (secondary N) is 1. The van der Waals surface area contributed by atoms with Crippen LogP contribution in [0.4, 0.5) is 0 Å². The molecule has 2 aromatic carbocycles. The fourth-order valence-electron chi connectivity index (χ4n) is 2.58. The van der Waals surface area contributed by atoms with Gasteiger partial charge in [0, 0.05) is 5.56 Å². The summed E-state index contributed by atoms with van der Waals surface area (Å²) in [4.78, 5) is 11.3. The van der Waals surface area contributed by atoms with Gasteiger partial charge in [-0.1, -0.05) is 11.6 Å². The van der Waals surface area contributed by atoms with E-state index in [9.17, 15) is 9.90 Å². The molecular formula is C16H10ClN3O4S. The second-order valence-electron chi connectivity index (χ2n) is 5.23. The quantitative estimate of drug-likeness (QED) is 0.679. The molecule has 0 unspecified atom stereocenters. The number of nitrogens with zero attached hydrogens (tertiary/aromatic N) is 2. The molecule has 25 heavy (non-hydrogen) atoms. The molecule has 2 N–H and O–H groups in total. The first-order valence-corrected chi connectivity index (χ1v) is 7.94. The third-order valence-electron chi connectivity index (χ3n) is 3.74. The smallest absolute Gasteiger partial charge is 0.337 e. The van der Waals surface area contributed by atoms with Crippen molar-refractivity contribution in [2.45, 2.75) is 0 Å². The summed E-state index contributed by atoms with van der Waals surface area (Å²) in [6.45, 7) is 0.171. The fourth-order valence-corrected chi connectivity index (χ4v) is 3.02. The Morgan fingerprint density at radius 3 is 2.84 bits per heavy atom. The number of hydrogen-bond acceptors (Lipinski definition) is 5. The molecule has 0 radical (unpaired) electrons. The van der Waals surface area contributed by atoms with Crippen LogP contribution < -0.4 is 9.47 Å². The van der Waals surface area contributed by atoms with Crippen molar-refractivity contribution in [1.82, 2.24) is 14.8 Å². The number of carboxylic acids is 1. The molecule has 0 atom stereocenters. The molecule has 1 aromatic heterocycles. The van der Waals surface area contributed by atoms with Crippen molar-refractivity contribution >= 4 is 29.8 Å². The van der Waals surface area contributed by atoms with Gasteiger partial charge in [-0.2, -0.15) is 5.10 Å². The number of aromatic nitrogens is 3. The van der Waals surface area contributed by atoms with Crippen LogP contribution in [0.3, 0.4) is 0 Å². The minimum Gasteiger partial charge on any atom is -0.478 e. The van der Waals surface area contributed by atoms with E-state index in [0.717, 1.165) is 5.56 Å². The molecule has 0 amide bonds. The Balaban J connectivity index is 1.88. The maximum absolute atomic E-state index is 11.3. The monoisotopic (exact) mass is 375 g/mol. The van der Waals surface area contributed by atoms with Crippen molar-refractivity contribution in [2.75, 3.05) is 6.79 Å². The van der Waals surface area contributed by atoms with Gasteiger partial charge in [0.25, 0.3) is 0 Å². The summed E-state index contributed by atoms with van der Waals surface area (Å²) in [7, 11) is 0. The fraction of sp³-hybridized carbons (Fsp3) is 0.0625. The maximum Gasteiger partial charge on any atom is 0.337 e. The number of fused-ring (bicyclic) bond motifs is 1. The zero-order valence-corrected chi connectivity index (χ0v) is 14.1. The number of halogens is 1. The lowest BCUT2D eigenvalue weighted by atomic mass is 10.1. The molecular weight excluding hydrogens is 366 g/mol. The van der Waals surface area contributed by atoms with Crippen molar-refractivity contribution in [3.63, 3.8) is 0 Å². The second kappa shape index (κ2) is 5.91. The lowest BCUT2D eigenvalue weighted by molar-refractivity contribution is 0.0697. The minimum atomic E-state index is -1.12. The Labute approximate surface area is 151 Å². The number of ether oxygens (including phenoxy) is 2. The highest BCUT2D eigenvalue weighted by Gasteiger charge is 2.18. The summed E-state index contributed by atoms with van der Waals surface area (Å²) in [5.41, 5.74) is 1.26. The highest BCUT2D eigenvalue weighted by molar-refractivity contribution is 7.71. The third kappa shape index (κ3) is 2.65. The zero-order valence-electron chi connectivity index (χ0n) is 12.5. The van der Waals surface area contributed by atoms with E-state index in [1.807, 2.05) is 6.07 Å². The van der Waals surface area contributed by atoms with E-state index in [1.165, 1.54) is 12.1 Å². The van der Waals surface area contributed by atoms with E-state index in [1.54, 1.807) is 22.8 Å². The van der Waals surface area contributed by atoms with Gasteiger partial charge >= 0.3 is 5.97 Å². The van der Waals surface area contributed by atoms with Gasteiger partial charge in [-0.25, -0.2) is 4.79 Å². The van der Waals surface area contributed by atoms with Crippen molar-refractivity contribution < 1.29 is 19.4 Å². The number of hydrogen-bond donors (Lipinski definition) is 2. The Kier molecular flexibility index (Phi) is 3.70. The van der Waals surface area contributed by atoms with Gasteiger partial charge in [0.05, 0.1) is 16.3 Å². The highest BCUT2D eigenvalue weighted by atomic mass is 35.5. The van der Waals surface area contributed by atoms with Gasteiger partial charge in [-0.15, -0.1) is 0 Å². The van der Waals surface area contributed by atoms with E-state index < -0.39 is 5.97 Å². The van der Waals surface area contributed by atoms with Crippen LogP contribution >= 0.6 is 23.8 Å². The number of aromatic amines is 1. The van der Waals surface area contributed by atoms with E-state index in [2.05, 4.69) is 10.2 Å². The van der Waals surface area contributed by atoms with Crippen LogP contribution in [0.2, 0.25) is 5.02 Å². The first kappa shape index (κ1) is 15.7. The molecule has 7 nitrogen and oxygen atoms in total. The van der Waals surface area contributed by atoms with Gasteiger partial charge in [0.1, 0.15) is 0 Å². The molecule has 1 aliphatic heterocycles. The summed E-state index contributed by atoms with van der Waals surface area (Å²) < 4.78 is 12.7. The molecule has 9 heteroatoms. The summed E-state index contributed by atoms with van der Waals surface area (Å²) in [5.74, 6) is 0.665. The van der Waals surface area contributed by atoms with Crippen molar-refractivity contribution in [3.8, 4) is 28.6 Å². The molecule has 0 bridgehead atoms. The molecule has 1 aliphatic rings. The number of benzene rings is 2. The maximum atomic E-state index is 11.3. The normalized spacial score (nSPS) is 12.4. The molecule has 0 saturated carbocycles. The summed E-state index contributed by atoms with van der Waals surface area (Å²) in [5, 5.41) is 16.4. The van der Waals surface area contributed by atoms with Crippen LogP contribution in [0.15, 0.2) is 36.4 Å². The van der Waals surface area contributed by atoms with Crippen LogP contribution in [0, 0.1) is 4.77 Å². The summed E-state index contributed by atoms with van der Waals surface area (Å²) in [6.07, 6.45) is 0. The van der Waals surface area contributed by atoms with E-state index >= 15 is 0 Å². The largest absolute Gasteiger partial charge is 0.478 e. The lowest BCUT2D eigenvalue weighted by Gasteiger charge is -2.09. The van der Waals surface area contributed by atoms with Crippen LogP contribution in [-0.4, -0.2) is 32.6 Å². The van der Waals surface area contributed by atoms with Gasteiger partial charge in [-0.05, 0) is 48.6 Å². The standard InChI is InChI=1S/C16H10ClN3O4S/c17-11-3-2-9(6-10(11)15(21)22)20-14(18-19-16(20)25)8-1-4-12-13(5-8)24-7-23-12/h1-6H,7H2,(H,19,25)(H,21,22). The second-order valence-corrected chi connectivity index (χ2v) is 6.02. The molecule has 0 spiro atoms. The van der Waals surface area contributed by atoms with Crippen LogP contribution in [0.5, 0.6) is 11.5 Å². The molecule has 0 fully saturated rings. The highest BCUT2D eigenvalue weighted by Crippen LogP contribution is 2.36. The first-order chi connectivity index (χ1) is 12.0. The summed E-state index contributed by atoms with van der Waals surface area (Å²) >= 11 is 11.2. The first-order valence-electron chi connectivity index (χ1n) is 7.15. The Hall–Kier alpha value is -2.84. The minimum absolute atomic E-state index is 0.0149. The zero-order chi connectivity index (χ0) is 17.6. The Morgan fingerprint density at radius 2 is 2.04 bits per heavy atom. The molecule has 2 heterocycles. The van der Waals surface area contributed by atoms with E-state index in [-0.39, 0.29) is 17.4 Å². The molecule has 0 aliphatic carbocycles. The van der Waals surface area contributed by atoms with E-state index in [0.29, 0.717) is 27.8 Å². The molecule has 4 rings (SSSR count). The number of carboxylic acid groups (broad SMARTS) is 1. The van der Waals surface area contributed by atoms with Crippen molar-refractivity contribution in [1.29, 1.82) is 0 Å². The van der Waals surface area contributed by atoms with Gasteiger partial charge in [0.2, 0.25) is 6.79 Å². The van der Waals surface area contributed by atoms with Crippen molar-refractivity contribution in [2.24, 2.45) is 0 Å². The van der Waals surface area contributed by atoms with Gasteiger partial charge in [-0.3, -0.25) is 9.67 Å². The SMILES string of the molecule is O=C(O)c1cc(-n2c(-c3ccc4c(c3)OCO4)n[nH]c2=S)ccc1Cl. The number of aromatic carboxylic acids is 1. The molecule has 0 saturated heterocycles. The number of rotatable bonds is 3. The topological polar surface area (TPSA) is 89.4 Å². The van der Waals surface area contributed by atoms with Crippen molar-refractivity contribution in [3.05, 3.63) is 51.8 Å². The van der Waals surface area contributed by atoms with E-state index in [4.69, 9.17) is 33.3 Å². The average Bonchev–Trinajstić information content (AvgIpc) is 3.20. The summed E-state index contributed by atoms with van der Waals surface area (Å²) in [6, 6.07) is 10.0. The lowest BCUT2D eigenvalue weighted by Crippen LogP contribution is -2.02. The molecule has 126 valence electrons. The predicted molar refractivity (Wildman–Crippen MR) is 92.3 cm³/mol. The van der Waals surface area contributed by atoms with Crippen LogP contribution in [0.25, 0.3) is 17.1 Å². The van der Waals surface area contributed by atoms with Crippen LogP contribution in [0.1, 0.15) is 10.4 Å². The Bertz CT molecular complexity index is 1060. The third-order valence-corrected chi connectivity index (χ3v) is 4.35. The van der Waals surface area contributed by atoms with Gasteiger partial charge < -0.3 is 14.6 Å². The predicted octanol–water partition coefficient (Wildman–Crippen LogP) is 3.68. The van der Waals surface area contributed by atoms with Gasteiger partial charge in [0.15, 0.2) is 22.1 Å². The molecule has 3 aromatic rings.